The van der Waals surface area contributed by atoms with Crippen LogP contribution < -0.4 is 86.7 Å². The monoisotopic (exact) mass is 1650 g/mol. The van der Waals surface area contributed by atoms with Gasteiger partial charge < -0.3 is 117 Å². The highest BCUT2D eigenvalue weighted by Gasteiger charge is 2.41. The van der Waals surface area contributed by atoms with Gasteiger partial charge in [-0.05, 0) is 76.0 Å². The summed E-state index contributed by atoms with van der Waals surface area (Å²) in [4.78, 5) is 222. The summed E-state index contributed by atoms with van der Waals surface area (Å²) in [5.74, 6) is -9.18. The van der Waals surface area contributed by atoms with E-state index in [4.69, 9.17) is 22.9 Å². The number of amides is 16. The van der Waals surface area contributed by atoms with E-state index in [0.29, 0.717) is 61.0 Å². The van der Waals surface area contributed by atoms with Crippen LogP contribution in [0.25, 0.3) is 0 Å². The minimum absolute atomic E-state index is 0.0135. The number of likely N-dealkylation sites (tertiary alicyclic amines) is 2. The van der Waals surface area contributed by atoms with Gasteiger partial charge in [-0.25, -0.2) is 0 Å². The number of carbonyl (C=O) groups is 17. The maximum atomic E-state index is 12.9. The molecule has 3 unspecified atom stereocenters. The fourth-order valence-electron chi connectivity index (χ4n) is 9.78. The summed E-state index contributed by atoms with van der Waals surface area (Å²) in [6.07, 6.45) is 4.75. The van der Waals surface area contributed by atoms with E-state index in [0.717, 1.165) is 16.2 Å². The highest BCUT2D eigenvalue weighted by atomic mass is 32.2. The summed E-state index contributed by atoms with van der Waals surface area (Å²) in [6, 6.07) is -13.7. The number of nitrogens with two attached hydrogens (primary N) is 4. The molecule has 0 spiro atoms. The Morgan fingerprint density at radius 1 is 0.468 bits per heavy atom. The SMILES string of the molecule is CN=C(N)CCCSC1CC(=O)N(CCC(=O)NCCC(=O)N[C@@H](CO)C(=O)N[C@H](CO)C(=O)N[C@@H](CO)C(=O)NC[C@H](N)C(=O)N[C@@H](CCSC)C(=O)NC(CS)C(C)=O)C1=O.CN=C(N)CCCSC1CC(=O)N(CCC(=O)NCCCC[C@@H](NC(=O)[C@H](CO)NC(=O)[C@@H](CO)NC(=O)[C@H](CO)NC)C(N)=O)C1=O. The number of thioether (sulfide) groups is 3. The summed E-state index contributed by atoms with van der Waals surface area (Å²) in [5.41, 5.74) is 22.6. The zero-order valence-corrected chi connectivity index (χ0v) is 66.0. The van der Waals surface area contributed by atoms with Crippen LogP contribution in [0.15, 0.2) is 9.98 Å². The molecule has 2 heterocycles. The van der Waals surface area contributed by atoms with Gasteiger partial charge in [-0.15, -0.1) is 23.5 Å². The Labute approximate surface area is 659 Å². The lowest BCUT2D eigenvalue weighted by atomic mass is 10.1. The summed E-state index contributed by atoms with van der Waals surface area (Å²) in [6.45, 7) is -4.71. The molecule has 0 aromatic heterocycles. The molecule has 47 heteroatoms. The molecule has 0 aromatic carbocycles. The quantitative estimate of drug-likeness (QED) is 0.00884. The van der Waals surface area contributed by atoms with E-state index in [-0.39, 0.29) is 100 Å². The van der Waals surface area contributed by atoms with E-state index in [1.807, 2.05) is 0 Å². The number of likely N-dealkylation sites (N-methyl/N-ethyl adjacent to an activating group) is 1. The van der Waals surface area contributed by atoms with Gasteiger partial charge in [0.2, 0.25) is 94.5 Å². The van der Waals surface area contributed by atoms with Crippen molar-refractivity contribution in [3.63, 3.8) is 0 Å². The third kappa shape index (κ3) is 38.1. The fraction of sp³-hybridized carbons (Fsp3) is 0.703. The molecule has 2 aliphatic rings. The number of imide groups is 2. The Morgan fingerprint density at radius 2 is 0.856 bits per heavy atom. The normalized spacial score (nSPS) is 17.0. The van der Waals surface area contributed by atoms with Crippen LogP contribution in [0.4, 0.5) is 0 Å². The summed E-state index contributed by atoms with van der Waals surface area (Å²) in [7, 11) is 4.58. The van der Waals surface area contributed by atoms with Gasteiger partial charge in [0.05, 0.1) is 67.9 Å². The van der Waals surface area contributed by atoms with E-state index in [1.54, 1.807) is 20.4 Å². The zero-order chi connectivity index (χ0) is 83.9. The minimum atomic E-state index is -1.74. The highest BCUT2D eigenvalue weighted by Crippen LogP contribution is 2.27. The molecule has 2 saturated heterocycles. The second-order valence-electron chi connectivity index (χ2n) is 24.8. The van der Waals surface area contributed by atoms with Crippen molar-refractivity contribution in [1.82, 2.24) is 73.6 Å². The van der Waals surface area contributed by atoms with E-state index >= 15 is 0 Å². The van der Waals surface area contributed by atoms with Crippen molar-refractivity contribution in [2.75, 3.05) is 123 Å². The summed E-state index contributed by atoms with van der Waals surface area (Å²) >= 11 is 8.16. The molecule has 2 rings (SSSR count). The Hall–Kier alpha value is -8.39. The molecule has 16 amide bonds. The van der Waals surface area contributed by atoms with Crippen LogP contribution in [0.3, 0.4) is 0 Å². The Morgan fingerprint density at radius 3 is 1.25 bits per heavy atom. The number of Topliss-reactive ketones (excluding diaryl/α,β-unsaturated/α-hetero) is 1. The molecule has 0 aromatic rings. The van der Waals surface area contributed by atoms with Crippen molar-refractivity contribution in [3.8, 4) is 0 Å². The number of primary amides is 1. The van der Waals surface area contributed by atoms with Crippen LogP contribution in [0.1, 0.15) is 90.4 Å². The third-order valence-corrected chi connectivity index (χ3v) is 20.1. The number of nitrogens with zero attached hydrogens (tertiary/aromatic N) is 4. The van der Waals surface area contributed by atoms with E-state index < -0.39 is 194 Å². The molecule has 0 radical (unpaired) electrons. The number of unbranched alkanes of at least 4 members (excludes halogenated alkanes) is 1. The molecule has 0 bridgehead atoms. The Balaban J connectivity index is 0.00000115. The maximum Gasteiger partial charge on any atom is 0.245 e. The topological polar surface area (TPSA) is 691 Å². The molecule has 43 nitrogen and oxygen atoms in total. The first-order chi connectivity index (χ1) is 52.7. The van der Waals surface area contributed by atoms with E-state index in [9.17, 15) is 112 Å². The number of nitrogens with one attached hydrogen (secondary N) is 12. The molecular weight excluding hydrogens is 1550 g/mol. The number of aliphatic hydroxyl groups is 6. The van der Waals surface area contributed by atoms with Crippen LogP contribution in [0.5, 0.6) is 0 Å². The second kappa shape index (κ2) is 55.9. The van der Waals surface area contributed by atoms with Gasteiger partial charge in [0.15, 0.2) is 5.78 Å². The molecule has 26 N–H and O–H groups in total. The van der Waals surface area contributed by atoms with E-state index in [2.05, 4.69) is 86.4 Å². The molecule has 111 heavy (non-hydrogen) atoms. The van der Waals surface area contributed by atoms with Crippen LogP contribution in [-0.2, 0) is 81.5 Å². The standard InChI is InChI=1S/C36H61N11O13S3.C28H49N9O10S/c1-19(51)25(18-61)46-33(57)21(8-12-62-3)43-31(55)20(37)14-41-32(56)22(15-48)44-35(59)24(17-50)45-34(58)23(16-49)42-29(53)6-9-40-28(52)7-10-47-30(54)13-26(36(47)60)63-11-4-5-27(38)39-2;1-31-17(13-38)25(44)35-19(15-40)27(46)36-18(14-39)26(45)34-16(24(30)43)6-3-4-9-33-22(41)8-10-37-23(42)12-20(28(37)47)48-11-5-7-21(29)32-2/h20-26,48-50,61H,4-18,37H2,1-3H3,(H2,38,39)(H,40,52)(H,41,56)(H,42,53)(H,43,55)(H,44,59)(H,45,58)(H,46,57);16-20,31,38-40H,3-15H2,1-2H3,(H2,29,32)(H2,30,43)(H,33,41)(H,34,45)(H,35,44)(H,36,46)/t20-,21-,22-,23-,24+,25?,26?;16-,17+,18+,19-,20?/m01/s1. The molecule has 0 aliphatic carbocycles. The molecular formula is C64H110N20O23S4. The Kier molecular flexibility index (Phi) is 50.7. The largest absolute Gasteiger partial charge is 0.394 e. The number of amidine groups is 2. The van der Waals surface area contributed by atoms with Crippen molar-refractivity contribution in [1.29, 1.82) is 0 Å². The van der Waals surface area contributed by atoms with Crippen molar-refractivity contribution in [2.24, 2.45) is 32.9 Å². The maximum absolute atomic E-state index is 12.9. The predicted octanol–water partition coefficient (Wildman–Crippen LogP) is -11.6. The van der Waals surface area contributed by atoms with Gasteiger partial charge in [-0.1, -0.05) is 0 Å². The number of aliphatic imine (C=N–C) groups is 2. The van der Waals surface area contributed by atoms with Gasteiger partial charge in [0, 0.05) is 97.5 Å². The lowest BCUT2D eigenvalue weighted by Gasteiger charge is -2.24. The average molecular weight is 1660 g/mol. The second-order valence-corrected chi connectivity index (χ2v) is 28.8. The molecule has 628 valence electrons. The van der Waals surface area contributed by atoms with Crippen molar-refractivity contribution >= 4 is 160 Å². The van der Waals surface area contributed by atoms with Crippen molar-refractivity contribution in [3.05, 3.63) is 0 Å². The molecule has 0 saturated carbocycles. The van der Waals surface area contributed by atoms with Gasteiger partial charge >= 0.3 is 0 Å². The first-order valence-corrected chi connectivity index (χ1v) is 39.4. The first-order valence-electron chi connectivity index (χ1n) is 35.2. The third-order valence-electron chi connectivity index (χ3n) is 16.5. The predicted molar refractivity (Wildman–Crippen MR) is 411 cm³/mol. The van der Waals surface area contributed by atoms with Crippen molar-refractivity contribution in [2.45, 2.75) is 161 Å². The fourth-order valence-corrected chi connectivity index (χ4v) is 12.9. The zero-order valence-electron chi connectivity index (χ0n) is 62.6. The highest BCUT2D eigenvalue weighted by molar-refractivity contribution is 8.00. The number of ketones is 1. The molecule has 2 aliphatic heterocycles. The number of hydrogen-bond donors (Lipinski definition) is 23. The van der Waals surface area contributed by atoms with Gasteiger partial charge in [-0.3, -0.25) is 101 Å². The lowest BCUT2D eigenvalue weighted by molar-refractivity contribution is -0.140. The number of hydrogen-bond acceptors (Lipinski definition) is 31. The van der Waals surface area contributed by atoms with Crippen LogP contribution in [-0.4, -0.2) is 346 Å². The number of rotatable bonds is 55. The van der Waals surface area contributed by atoms with Crippen molar-refractivity contribution < 1.29 is 112 Å². The van der Waals surface area contributed by atoms with Crippen LogP contribution >= 0.6 is 47.9 Å². The van der Waals surface area contributed by atoms with Crippen LogP contribution in [0.2, 0.25) is 0 Å². The van der Waals surface area contributed by atoms with Gasteiger partial charge in [-0.2, -0.15) is 24.4 Å². The lowest BCUT2D eigenvalue weighted by Crippen LogP contribution is -2.60. The average Bonchev–Trinajstić information content (AvgIpc) is 1.71. The molecule has 2 fully saturated rings. The summed E-state index contributed by atoms with van der Waals surface area (Å²) in [5, 5.41) is 84.7. The first kappa shape index (κ1) is 101. The van der Waals surface area contributed by atoms with Crippen LogP contribution in [0, 0.1) is 0 Å². The minimum Gasteiger partial charge on any atom is -0.394 e. The number of thiol groups is 1. The van der Waals surface area contributed by atoms with Gasteiger partial charge in [0.25, 0.3) is 0 Å². The number of carbonyl (C=O) groups excluding carboxylic acids is 17. The smallest absolute Gasteiger partial charge is 0.245 e. The number of aliphatic hydroxyl groups excluding tert-OH is 6. The Bertz CT molecular complexity index is 3200. The van der Waals surface area contributed by atoms with Gasteiger partial charge in [0.1, 0.15) is 54.4 Å². The summed E-state index contributed by atoms with van der Waals surface area (Å²) < 4.78 is 0. The van der Waals surface area contributed by atoms with E-state index in [1.165, 1.54) is 49.3 Å². The molecule has 12 atom stereocenters.